The maximum Gasteiger partial charge on any atom is 0.263 e. The van der Waals surface area contributed by atoms with Crippen LogP contribution in [-0.2, 0) is 6.42 Å². The molecule has 1 aliphatic carbocycles. The molecule has 40 heavy (non-hydrogen) atoms. The number of aromatic nitrogens is 4. The number of nitrogens with one attached hydrogen (secondary N) is 1. The minimum atomic E-state index is -0.506. The van der Waals surface area contributed by atoms with E-state index in [1.165, 1.54) is 36.6 Å². The molecule has 8 heteroatoms. The number of para-hydroxylation sites is 1. The molecule has 5 aromatic rings. The first kappa shape index (κ1) is 25.8. The van der Waals surface area contributed by atoms with Gasteiger partial charge in [0.25, 0.3) is 11.5 Å². The Balaban J connectivity index is 1.40. The van der Waals surface area contributed by atoms with Gasteiger partial charge in [0.2, 0.25) is 0 Å². The molecule has 204 valence electrons. The molecule has 1 saturated carbocycles. The maximum atomic E-state index is 14.3. The number of carbonyl (C=O) groups excluding carboxylic acids is 1. The van der Waals surface area contributed by atoms with Gasteiger partial charge in [-0.2, -0.15) is 0 Å². The predicted octanol–water partition coefficient (Wildman–Crippen LogP) is 5.62. The van der Waals surface area contributed by atoms with E-state index in [1.807, 2.05) is 55.5 Å². The van der Waals surface area contributed by atoms with Crippen molar-refractivity contribution < 1.29 is 4.79 Å². The highest BCUT2D eigenvalue weighted by atomic mass is 16.2. The van der Waals surface area contributed by atoms with Crippen LogP contribution in [0, 0.1) is 5.92 Å². The third-order valence-electron chi connectivity index (χ3n) is 8.16. The molecule has 1 amide bonds. The molecule has 1 fully saturated rings. The zero-order valence-corrected chi connectivity index (χ0v) is 22.7. The Morgan fingerprint density at radius 2 is 1.88 bits per heavy atom. The number of nitrogen functional groups attached to an aromatic ring is 1. The Morgan fingerprint density at radius 3 is 2.67 bits per heavy atom. The van der Waals surface area contributed by atoms with Crippen molar-refractivity contribution in [3.8, 4) is 5.69 Å². The molecule has 0 unspecified atom stereocenters. The predicted molar refractivity (Wildman–Crippen MR) is 158 cm³/mol. The van der Waals surface area contributed by atoms with E-state index in [1.54, 1.807) is 23.0 Å². The van der Waals surface area contributed by atoms with Gasteiger partial charge in [0.15, 0.2) is 11.5 Å². The normalized spacial score (nSPS) is 14.9. The summed E-state index contributed by atoms with van der Waals surface area (Å²) in [6.45, 7) is 1.88. The highest BCUT2D eigenvalue weighted by Gasteiger charge is 2.24. The van der Waals surface area contributed by atoms with Crippen molar-refractivity contribution in [2.45, 2.75) is 57.9 Å². The van der Waals surface area contributed by atoms with Gasteiger partial charge in [-0.1, -0.05) is 68.5 Å². The number of amides is 1. The number of fused-ring (bicyclic) bond motifs is 2. The fourth-order valence-corrected chi connectivity index (χ4v) is 6.12. The SMILES string of the molecule is C[C@H](NC(=O)c1c(N)nn2cccnc12)c1cc2cccc(CCC3CCCCC3)c2c(=O)n1-c1ccccc1. The highest BCUT2D eigenvalue weighted by Crippen LogP contribution is 2.30. The Kier molecular flexibility index (Phi) is 7.07. The fraction of sp³-hybridized carbons (Fsp3) is 0.312. The molecule has 0 radical (unpaired) electrons. The van der Waals surface area contributed by atoms with Crippen LogP contribution >= 0.6 is 0 Å². The first-order chi connectivity index (χ1) is 19.5. The van der Waals surface area contributed by atoms with Gasteiger partial charge in [-0.05, 0) is 60.9 Å². The zero-order chi connectivity index (χ0) is 27.6. The summed E-state index contributed by atoms with van der Waals surface area (Å²) in [6, 6.07) is 19.0. The molecule has 8 nitrogen and oxygen atoms in total. The molecule has 2 aromatic carbocycles. The smallest absolute Gasteiger partial charge is 0.263 e. The van der Waals surface area contributed by atoms with E-state index in [2.05, 4.69) is 21.5 Å². The van der Waals surface area contributed by atoms with Gasteiger partial charge >= 0.3 is 0 Å². The van der Waals surface area contributed by atoms with Crippen LogP contribution in [0.1, 0.15) is 73.1 Å². The molecule has 1 aliphatic rings. The lowest BCUT2D eigenvalue weighted by atomic mass is 9.85. The van der Waals surface area contributed by atoms with E-state index in [9.17, 15) is 9.59 Å². The van der Waals surface area contributed by atoms with Crippen molar-refractivity contribution in [1.29, 1.82) is 0 Å². The van der Waals surface area contributed by atoms with Crippen molar-refractivity contribution in [3.05, 3.63) is 100 Å². The summed E-state index contributed by atoms with van der Waals surface area (Å²) in [5.41, 5.74) is 9.15. The number of pyridine rings is 1. The fourth-order valence-electron chi connectivity index (χ4n) is 6.12. The maximum absolute atomic E-state index is 14.3. The van der Waals surface area contributed by atoms with Gasteiger partial charge in [-0.3, -0.25) is 14.2 Å². The van der Waals surface area contributed by atoms with Crippen LogP contribution in [0.25, 0.3) is 22.1 Å². The van der Waals surface area contributed by atoms with E-state index < -0.39 is 11.9 Å². The molecular weight excluding hydrogens is 500 g/mol. The van der Waals surface area contributed by atoms with E-state index in [-0.39, 0.29) is 16.9 Å². The van der Waals surface area contributed by atoms with Crippen LogP contribution in [0.15, 0.2) is 77.9 Å². The van der Waals surface area contributed by atoms with Crippen molar-refractivity contribution in [2.24, 2.45) is 5.92 Å². The van der Waals surface area contributed by atoms with Crippen molar-refractivity contribution in [2.75, 3.05) is 5.73 Å². The number of carbonyl (C=O) groups is 1. The van der Waals surface area contributed by atoms with Crippen LogP contribution < -0.4 is 16.6 Å². The molecule has 0 spiro atoms. The topological polar surface area (TPSA) is 107 Å². The van der Waals surface area contributed by atoms with Crippen molar-refractivity contribution in [3.63, 3.8) is 0 Å². The third-order valence-corrected chi connectivity index (χ3v) is 8.16. The summed E-state index contributed by atoms with van der Waals surface area (Å²) in [7, 11) is 0. The van der Waals surface area contributed by atoms with Crippen molar-refractivity contribution >= 4 is 28.1 Å². The van der Waals surface area contributed by atoms with Crippen molar-refractivity contribution in [1.82, 2.24) is 24.5 Å². The average Bonchev–Trinajstić information content (AvgIpc) is 3.32. The molecule has 3 heterocycles. The number of benzene rings is 2. The van der Waals surface area contributed by atoms with E-state index in [0.717, 1.165) is 40.8 Å². The number of hydrogen-bond donors (Lipinski definition) is 2. The highest BCUT2D eigenvalue weighted by molar-refractivity contribution is 6.04. The van der Waals surface area contributed by atoms with E-state index >= 15 is 0 Å². The Morgan fingerprint density at radius 1 is 1.07 bits per heavy atom. The van der Waals surface area contributed by atoms with Crippen LogP contribution in [0.3, 0.4) is 0 Å². The van der Waals surface area contributed by atoms with Crippen LogP contribution in [0.4, 0.5) is 5.82 Å². The number of aryl methyl sites for hydroxylation is 1. The molecular formula is C32H34N6O2. The standard InChI is InChI=1S/C32H34N6O2/c1-21(35-31(39)28-29(33)36-37-19-9-18-34-30(28)37)26-20-24-13-8-12-23(17-16-22-10-4-2-5-11-22)27(24)32(40)38(26)25-14-6-3-7-15-25/h3,6-9,12-15,18-22H,2,4-5,10-11,16-17H2,1H3,(H2,33,36)(H,35,39)/t21-/m0/s1. The number of hydrogen-bond acceptors (Lipinski definition) is 5. The largest absolute Gasteiger partial charge is 0.381 e. The Hall–Kier alpha value is -4.46. The molecule has 0 saturated heterocycles. The van der Waals surface area contributed by atoms with E-state index in [0.29, 0.717) is 11.3 Å². The van der Waals surface area contributed by atoms with Gasteiger partial charge < -0.3 is 11.1 Å². The Bertz CT molecular complexity index is 1730. The number of anilines is 1. The lowest BCUT2D eigenvalue weighted by molar-refractivity contribution is 0.0941. The lowest BCUT2D eigenvalue weighted by Gasteiger charge is -2.23. The molecule has 3 N–H and O–H groups in total. The summed E-state index contributed by atoms with van der Waals surface area (Å²) in [6.07, 6.45) is 11.8. The molecule has 3 aromatic heterocycles. The zero-order valence-electron chi connectivity index (χ0n) is 22.7. The lowest BCUT2D eigenvalue weighted by Crippen LogP contribution is -2.32. The third kappa shape index (κ3) is 4.85. The molecule has 0 aliphatic heterocycles. The molecule has 0 bridgehead atoms. The summed E-state index contributed by atoms with van der Waals surface area (Å²) in [5.74, 6) is 0.439. The minimum Gasteiger partial charge on any atom is -0.381 e. The second-order valence-electron chi connectivity index (χ2n) is 10.8. The van der Waals surface area contributed by atoms with Gasteiger partial charge in [-0.25, -0.2) is 9.50 Å². The summed E-state index contributed by atoms with van der Waals surface area (Å²) in [5, 5.41) is 8.89. The van der Waals surface area contributed by atoms with Gasteiger partial charge in [0.05, 0.1) is 11.4 Å². The first-order valence-electron chi connectivity index (χ1n) is 14.1. The van der Waals surface area contributed by atoms with Gasteiger partial charge in [0, 0.05) is 23.8 Å². The second kappa shape index (κ2) is 11.0. The quantitative estimate of drug-likeness (QED) is 0.282. The summed E-state index contributed by atoms with van der Waals surface area (Å²) in [4.78, 5) is 32.0. The minimum absolute atomic E-state index is 0.0730. The average molecular weight is 535 g/mol. The molecule has 1 atom stereocenters. The monoisotopic (exact) mass is 534 g/mol. The summed E-state index contributed by atoms with van der Waals surface area (Å²) >= 11 is 0. The molecule has 6 rings (SSSR count). The van der Waals surface area contributed by atoms with Crippen LogP contribution in [-0.4, -0.2) is 25.1 Å². The number of rotatable bonds is 7. The van der Waals surface area contributed by atoms with Crippen LogP contribution in [0.5, 0.6) is 0 Å². The van der Waals surface area contributed by atoms with Gasteiger partial charge in [0.1, 0.15) is 5.56 Å². The van der Waals surface area contributed by atoms with Crippen LogP contribution in [0.2, 0.25) is 0 Å². The number of nitrogens with zero attached hydrogens (tertiary/aromatic N) is 4. The first-order valence-corrected chi connectivity index (χ1v) is 14.1. The summed E-state index contributed by atoms with van der Waals surface area (Å²) < 4.78 is 3.22. The van der Waals surface area contributed by atoms with Gasteiger partial charge in [-0.15, -0.1) is 5.10 Å². The van der Waals surface area contributed by atoms with E-state index in [4.69, 9.17) is 5.73 Å². The number of nitrogens with two attached hydrogens (primary N) is 1. The Labute approximate surface area is 232 Å². The second-order valence-corrected chi connectivity index (χ2v) is 10.8.